The fraction of sp³-hybridized carbons (Fsp3) is 0.938. The van der Waals surface area contributed by atoms with Gasteiger partial charge < -0.3 is 15.4 Å². The lowest BCUT2D eigenvalue weighted by molar-refractivity contribution is -0.229. The summed E-state index contributed by atoms with van der Waals surface area (Å²) in [5, 5.41) is 0. The van der Waals surface area contributed by atoms with Crippen LogP contribution in [0.3, 0.4) is 0 Å². The van der Waals surface area contributed by atoms with Crippen molar-refractivity contribution in [2.75, 3.05) is 20.2 Å². The molecule has 1 aliphatic heterocycles. The summed E-state index contributed by atoms with van der Waals surface area (Å²) in [6, 6.07) is 0. The van der Waals surface area contributed by atoms with Gasteiger partial charge in [0.25, 0.3) is 0 Å². The Labute approximate surface area is 122 Å². The van der Waals surface area contributed by atoms with Crippen LogP contribution in [0.4, 0.5) is 0 Å². The number of ether oxygens (including phenoxy) is 1. The molecule has 0 aromatic rings. The third-order valence-electron chi connectivity index (χ3n) is 6.14. The third kappa shape index (κ3) is 1.77. The summed E-state index contributed by atoms with van der Waals surface area (Å²) in [7, 11) is 1.92. The Balaban J connectivity index is 1.74. The molecule has 4 heteroatoms. The number of hydrogen-bond acceptors (Lipinski definition) is 3. The molecule has 2 aliphatic carbocycles. The molecule has 0 aromatic carbocycles. The van der Waals surface area contributed by atoms with Crippen molar-refractivity contribution in [2.24, 2.45) is 23.0 Å². The van der Waals surface area contributed by atoms with Gasteiger partial charge in [0.05, 0.1) is 6.10 Å². The molecule has 0 radical (unpaired) electrons. The minimum atomic E-state index is -0.740. The molecule has 2 N–H and O–H groups in total. The topological polar surface area (TPSA) is 55.6 Å². The monoisotopic (exact) mass is 280 g/mol. The van der Waals surface area contributed by atoms with Crippen molar-refractivity contribution in [1.29, 1.82) is 0 Å². The molecule has 3 fully saturated rings. The van der Waals surface area contributed by atoms with Crippen molar-refractivity contribution in [3.63, 3.8) is 0 Å². The van der Waals surface area contributed by atoms with Gasteiger partial charge in [0.1, 0.15) is 5.54 Å². The lowest BCUT2D eigenvalue weighted by Crippen LogP contribution is -2.82. The van der Waals surface area contributed by atoms with E-state index in [0.717, 1.165) is 26.0 Å². The second-order valence-corrected chi connectivity index (χ2v) is 7.61. The van der Waals surface area contributed by atoms with Crippen molar-refractivity contribution in [1.82, 2.24) is 4.90 Å². The van der Waals surface area contributed by atoms with E-state index < -0.39 is 5.54 Å². The SMILES string of the molecule is CN(CC1CCC1)C(=O)C1(N)C2CCCOC2C1(C)C. The summed E-state index contributed by atoms with van der Waals surface area (Å²) >= 11 is 0. The smallest absolute Gasteiger partial charge is 0.243 e. The number of nitrogens with zero attached hydrogens (tertiary/aromatic N) is 1. The van der Waals surface area contributed by atoms with Gasteiger partial charge in [-0.25, -0.2) is 0 Å². The Morgan fingerprint density at radius 3 is 2.60 bits per heavy atom. The van der Waals surface area contributed by atoms with E-state index >= 15 is 0 Å². The first kappa shape index (κ1) is 14.3. The molecule has 0 spiro atoms. The zero-order valence-corrected chi connectivity index (χ0v) is 13.0. The summed E-state index contributed by atoms with van der Waals surface area (Å²) in [6.07, 6.45) is 6.03. The van der Waals surface area contributed by atoms with E-state index in [4.69, 9.17) is 10.5 Å². The number of rotatable bonds is 3. The Kier molecular flexibility index (Phi) is 3.37. The summed E-state index contributed by atoms with van der Waals surface area (Å²) in [4.78, 5) is 14.8. The number of nitrogens with two attached hydrogens (primary N) is 1. The van der Waals surface area contributed by atoms with Crippen molar-refractivity contribution >= 4 is 5.91 Å². The van der Waals surface area contributed by atoms with Gasteiger partial charge in [0.15, 0.2) is 0 Å². The Bertz CT molecular complexity index is 405. The summed E-state index contributed by atoms with van der Waals surface area (Å²) < 4.78 is 5.88. The minimum absolute atomic E-state index is 0.126. The van der Waals surface area contributed by atoms with Crippen molar-refractivity contribution in [2.45, 2.75) is 57.6 Å². The number of carbonyl (C=O) groups excluding carboxylic acids is 1. The molecule has 0 aromatic heterocycles. The van der Waals surface area contributed by atoms with E-state index in [1.54, 1.807) is 0 Å². The number of fused-ring (bicyclic) bond motifs is 1. The maximum atomic E-state index is 12.9. The van der Waals surface area contributed by atoms with Crippen molar-refractivity contribution in [3.05, 3.63) is 0 Å². The van der Waals surface area contributed by atoms with Crippen LogP contribution in [0.5, 0.6) is 0 Å². The summed E-state index contributed by atoms with van der Waals surface area (Å²) in [6.45, 7) is 5.86. The van der Waals surface area contributed by atoms with Crippen molar-refractivity contribution in [3.8, 4) is 0 Å². The highest BCUT2D eigenvalue weighted by atomic mass is 16.5. The lowest BCUT2D eigenvalue weighted by Gasteiger charge is -2.65. The van der Waals surface area contributed by atoms with Crippen LogP contribution in [0.25, 0.3) is 0 Å². The highest BCUT2D eigenvalue weighted by Crippen LogP contribution is 2.57. The molecule has 1 saturated heterocycles. The molecule has 4 nitrogen and oxygen atoms in total. The number of hydrogen-bond donors (Lipinski definition) is 1. The van der Waals surface area contributed by atoms with Gasteiger partial charge >= 0.3 is 0 Å². The normalized spacial score (nSPS) is 39.4. The highest BCUT2D eigenvalue weighted by Gasteiger charge is 2.70. The van der Waals surface area contributed by atoms with Gasteiger partial charge in [-0.15, -0.1) is 0 Å². The maximum absolute atomic E-state index is 12.9. The standard InChI is InChI=1S/C16H28N2O2/c1-15(2)13-12(8-5-9-20-13)16(15,17)14(19)18(3)10-11-6-4-7-11/h11-13H,4-10,17H2,1-3H3. The van der Waals surface area contributed by atoms with E-state index in [1.807, 2.05) is 11.9 Å². The van der Waals surface area contributed by atoms with Gasteiger partial charge in [-0.1, -0.05) is 20.3 Å². The lowest BCUT2D eigenvalue weighted by atomic mass is 9.46. The highest BCUT2D eigenvalue weighted by molar-refractivity contribution is 5.89. The van der Waals surface area contributed by atoms with Crippen LogP contribution in [-0.2, 0) is 9.53 Å². The van der Waals surface area contributed by atoms with Gasteiger partial charge in [0, 0.05) is 31.5 Å². The van der Waals surface area contributed by atoms with Crippen LogP contribution < -0.4 is 5.73 Å². The average Bonchev–Trinajstić information content (AvgIpc) is 2.40. The molecule has 0 bridgehead atoms. The fourth-order valence-corrected chi connectivity index (χ4v) is 4.47. The first-order chi connectivity index (χ1) is 9.39. The maximum Gasteiger partial charge on any atom is 0.243 e. The van der Waals surface area contributed by atoms with Gasteiger partial charge in [-0.2, -0.15) is 0 Å². The summed E-state index contributed by atoms with van der Waals surface area (Å²) in [5.41, 5.74) is 5.64. The second-order valence-electron chi connectivity index (χ2n) is 7.61. The van der Waals surface area contributed by atoms with Gasteiger partial charge in [-0.3, -0.25) is 4.79 Å². The Morgan fingerprint density at radius 1 is 1.30 bits per heavy atom. The van der Waals surface area contributed by atoms with E-state index in [-0.39, 0.29) is 23.3 Å². The number of carbonyl (C=O) groups is 1. The van der Waals surface area contributed by atoms with Crippen LogP contribution in [0, 0.1) is 17.3 Å². The largest absolute Gasteiger partial charge is 0.377 e. The molecule has 3 atom stereocenters. The van der Waals surface area contributed by atoms with Crippen LogP contribution >= 0.6 is 0 Å². The molecule has 3 rings (SSSR count). The van der Waals surface area contributed by atoms with Crippen LogP contribution in [0.15, 0.2) is 0 Å². The molecular weight excluding hydrogens is 252 g/mol. The van der Waals surface area contributed by atoms with Gasteiger partial charge in [-0.05, 0) is 31.6 Å². The molecule has 20 heavy (non-hydrogen) atoms. The first-order valence-electron chi connectivity index (χ1n) is 8.05. The Morgan fingerprint density at radius 2 is 2.00 bits per heavy atom. The second kappa shape index (κ2) is 4.70. The fourth-order valence-electron chi connectivity index (χ4n) is 4.47. The molecule has 1 amide bonds. The minimum Gasteiger partial charge on any atom is -0.377 e. The number of amides is 1. The third-order valence-corrected chi connectivity index (χ3v) is 6.14. The van der Waals surface area contributed by atoms with E-state index in [0.29, 0.717) is 5.92 Å². The van der Waals surface area contributed by atoms with Crippen LogP contribution in [0.1, 0.15) is 46.0 Å². The van der Waals surface area contributed by atoms with E-state index in [2.05, 4.69) is 13.8 Å². The molecular formula is C16H28N2O2. The zero-order chi connectivity index (χ0) is 14.5. The summed E-state index contributed by atoms with van der Waals surface area (Å²) in [5.74, 6) is 1.01. The average molecular weight is 280 g/mol. The quantitative estimate of drug-likeness (QED) is 0.857. The van der Waals surface area contributed by atoms with E-state index in [9.17, 15) is 4.79 Å². The molecule has 114 valence electrons. The van der Waals surface area contributed by atoms with E-state index in [1.165, 1.54) is 19.3 Å². The first-order valence-corrected chi connectivity index (χ1v) is 8.05. The zero-order valence-electron chi connectivity index (χ0n) is 13.0. The molecule has 3 aliphatic rings. The predicted octanol–water partition coefficient (Wildman–Crippen LogP) is 1.78. The van der Waals surface area contributed by atoms with Crippen LogP contribution in [-0.4, -0.2) is 42.6 Å². The number of likely N-dealkylation sites (N-methyl/N-ethyl adjacent to an activating group) is 1. The molecule has 2 saturated carbocycles. The van der Waals surface area contributed by atoms with Crippen molar-refractivity contribution < 1.29 is 9.53 Å². The molecule has 1 heterocycles. The van der Waals surface area contributed by atoms with Gasteiger partial charge in [0.2, 0.25) is 5.91 Å². The Hall–Kier alpha value is -0.610. The van der Waals surface area contributed by atoms with Crippen LogP contribution in [0.2, 0.25) is 0 Å². The predicted molar refractivity (Wildman–Crippen MR) is 78.1 cm³/mol. The molecule has 3 unspecified atom stereocenters.